The summed E-state index contributed by atoms with van der Waals surface area (Å²) in [5.41, 5.74) is 13.7. The number of benzene rings is 2. The van der Waals surface area contributed by atoms with Crippen molar-refractivity contribution in [2.45, 2.75) is 56.0 Å². The van der Waals surface area contributed by atoms with Crippen LogP contribution in [0.2, 0.25) is 0 Å². The van der Waals surface area contributed by atoms with E-state index in [1.165, 1.54) is 4.90 Å². The summed E-state index contributed by atoms with van der Waals surface area (Å²) in [6.45, 7) is 2.49. The van der Waals surface area contributed by atoms with E-state index in [4.69, 9.17) is 16.2 Å². The Morgan fingerprint density at radius 3 is 2.26 bits per heavy atom. The third-order valence-electron chi connectivity index (χ3n) is 9.28. The first-order chi connectivity index (χ1) is 20.7. The number of imide groups is 1. The number of ether oxygens (including phenoxy) is 1. The number of nitrogens with two attached hydrogens (primary N) is 2. The smallest absolute Gasteiger partial charge is 0.407 e. The van der Waals surface area contributed by atoms with Gasteiger partial charge >= 0.3 is 18.0 Å². The maximum atomic E-state index is 13.1. The van der Waals surface area contributed by atoms with E-state index >= 15 is 0 Å². The SMILES string of the molecule is CC1[C@@H](OC(=O)NCCC(c2ccccc2)c2ccccc2)C[N+]2=C(N)NC(CN3C(=O)CCC3=O)C3NC(N)=[N+](O)C312. The average Bonchev–Trinajstić information content (AvgIpc) is 3.59. The van der Waals surface area contributed by atoms with Gasteiger partial charge in [-0.05, 0) is 22.3 Å². The summed E-state index contributed by atoms with van der Waals surface area (Å²) in [6, 6.07) is 19.2. The molecule has 0 bridgehead atoms. The lowest BCUT2D eigenvalue weighted by atomic mass is 9.83. The Morgan fingerprint density at radius 2 is 1.65 bits per heavy atom. The monoisotopic (exact) mass is 590 g/mol. The third-order valence-corrected chi connectivity index (χ3v) is 9.28. The molecule has 13 heteroatoms. The zero-order valence-electron chi connectivity index (χ0n) is 24.0. The van der Waals surface area contributed by atoms with Gasteiger partial charge < -0.3 is 15.3 Å². The van der Waals surface area contributed by atoms with Gasteiger partial charge in [0.25, 0.3) is 5.66 Å². The zero-order chi connectivity index (χ0) is 30.3. The summed E-state index contributed by atoms with van der Waals surface area (Å²) in [6.07, 6.45) is -0.230. The molecule has 2 fully saturated rings. The molecule has 3 amide bonds. The van der Waals surface area contributed by atoms with E-state index in [0.29, 0.717) is 13.0 Å². The average molecular weight is 591 g/mol. The normalized spacial score (nSPS) is 28.1. The Morgan fingerprint density at radius 1 is 1.05 bits per heavy atom. The van der Waals surface area contributed by atoms with E-state index in [2.05, 4.69) is 40.2 Å². The largest absolute Gasteiger partial charge is 0.442 e. The minimum Gasteiger partial charge on any atom is -0.442 e. The van der Waals surface area contributed by atoms with Gasteiger partial charge in [-0.2, -0.15) is 0 Å². The van der Waals surface area contributed by atoms with Crippen LogP contribution in [-0.4, -0.2) is 92.7 Å². The van der Waals surface area contributed by atoms with Crippen LogP contribution in [0, 0.1) is 5.92 Å². The number of carbonyl (C=O) groups is 3. The van der Waals surface area contributed by atoms with Crippen molar-refractivity contribution in [3.05, 3.63) is 71.8 Å². The van der Waals surface area contributed by atoms with E-state index in [9.17, 15) is 19.6 Å². The molecule has 6 rings (SSSR count). The van der Waals surface area contributed by atoms with Crippen molar-refractivity contribution in [3.63, 3.8) is 0 Å². The molecule has 0 aromatic heterocycles. The summed E-state index contributed by atoms with van der Waals surface area (Å²) < 4.78 is 8.59. The minimum atomic E-state index is -1.22. The molecule has 1 spiro atoms. The van der Waals surface area contributed by atoms with E-state index in [0.717, 1.165) is 15.9 Å². The molecule has 8 N–H and O–H groups in total. The molecule has 13 nitrogen and oxygen atoms in total. The summed E-state index contributed by atoms with van der Waals surface area (Å²) in [4.78, 5) is 39.0. The molecule has 43 heavy (non-hydrogen) atoms. The van der Waals surface area contributed by atoms with Crippen LogP contribution in [-0.2, 0) is 14.3 Å². The molecule has 4 heterocycles. The second kappa shape index (κ2) is 11.1. The molecule has 2 aromatic rings. The number of alkyl carbamates (subject to hydrolysis) is 1. The number of likely N-dealkylation sites (tertiary alicyclic amines) is 1. The van der Waals surface area contributed by atoms with E-state index < -0.39 is 35.9 Å². The van der Waals surface area contributed by atoms with Crippen LogP contribution in [0.5, 0.6) is 0 Å². The van der Waals surface area contributed by atoms with Crippen molar-refractivity contribution in [1.29, 1.82) is 0 Å². The van der Waals surface area contributed by atoms with Crippen LogP contribution >= 0.6 is 0 Å². The van der Waals surface area contributed by atoms with Gasteiger partial charge in [0.15, 0.2) is 6.04 Å². The van der Waals surface area contributed by atoms with Gasteiger partial charge in [0.1, 0.15) is 18.7 Å². The molecule has 4 aliphatic heterocycles. The van der Waals surface area contributed by atoms with Crippen molar-refractivity contribution < 1.29 is 33.6 Å². The lowest BCUT2D eigenvalue weighted by Gasteiger charge is -2.39. The number of hydrogen-bond acceptors (Lipinski definition) is 9. The van der Waals surface area contributed by atoms with Gasteiger partial charge in [-0.15, -0.1) is 0 Å². The first-order valence-electron chi connectivity index (χ1n) is 14.6. The fraction of sp³-hybridized carbons (Fsp3) is 0.433. The number of rotatable bonds is 8. The summed E-state index contributed by atoms with van der Waals surface area (Å²) >= 11 is 0. The number of guanidine groups is 2. The standard InChI is InChI=1S/C30H36N8O5/c1-18-23(43-29(41)33-15-14-21(19-8-4-2-5-9-19)20-10-6-3-7-11-20)17-37-27(31)34-22(16-36-24(39)12-13-25(36)40)26-30(18,37)38(42)28(32)35-26/h2-11,18,21-23,26,42H,12-17H2,1H3,(H5,31,32,33,34,35,41)/p+2/t18?,22?,23-,26?,30?/m0/s1. The second-order valence-electron chi connectivity index (χ2n) is 11.6. The highest BCUT2D eigenvalue weighted by Gasteiger charge is 2.73. The summed E-state index contributed by atoms with van der Waals surface area (Å²) in [7, 11) is 0. The van der Waals surface area contributed by atoms with Crippen LogP contribution in [0.15, 0.2) is 60.7 Å². The predicted octanol–water partition coefficient (Wildman–Crippen LogP) is -0.214. The zero-order valence-corrected chi connectivity index (χ0v) is 24.0. The molecule has 4 aliphatic rings. The molecular formula is C30H38N8O5+2. The lowest BCUT2D eigenvalue weighted by molar-refractivity contribution is -0.939. The van der Waals surface area contributed by atoms with E-state index in [-0.39, 0.29) is 55.6 Å². The number of hydrogen-bond donors (Lipinski definition) is 6. The molecular weight excluding hydrogens is 552 g/mol. The number of carbonyl (C=O) groups excluding carboxylic acids is 3. The third kappa shape index (κ3) is 4.78. The number of hydroxylamine groups is 1. The molecule has 0 radical (unpaired) electrons. The summed E-state index contributed by atoms with van der Waals surface area (Å²) in [5.74, 6) is -0.660. The molecule has 2 saturated heterocycles. The van der Waals surface area contributed by atoms with Crippen LogP contribution in [0.4, 0.5) is 4.79 Å². The van der Waals surface area contributed by atoms with Gasteiger partial charge in [-0.25, -0.2) is 9.37 Å². The molecule has 4 unspecified atom stereocenters. The Bertz CT molecular complexity index is 1430. The minimum absolute atomic E-state index is 0.000363. The Labute approximate surface area is 249 Å². The fourth-order valence-electron chi connectivity index (χ4n) is 7.16. The highest BCUT2D eigenvalue weighted by molar-refractivity contribution is 6.02. The highest BCUT2D eigenvalue weighted by Crippen LogP contribution is 2.41. The quantitative estimate of drug-likeness (QED) is 0.138. The highest BCUT2D eigenvalue weighted by atomic mass is 16.6. The van der Waals surface area contributed by atoms with Crippen molar-refractivity contribution in [2.24, 2.45) is 17.4 Å². The van der Waals surface area contributed by atoms with Gasteiger partial charge in [-0.3, -0.25) is 36.6 Å². The van der Waals surface area contributed by atoms with Gasteiger partial charge in [-0.1, -0.05) is 67.6 Å². The van der Waals surface area contributed by atoms with E-state index in [1.807, 2.05) is 43.3 Å². The van der Waals surface area contributed by atoms with Crippen molar-refractivity contribution in [1.82, 2.24) is 20.9 Å². The lowest BCUT2D eigenvalue weighted by Crippen LogP contribution is -2.74. The number of nitrogens with zero attached hydrogens (tertiary/aromatic N) is 3. The van der Waals surface area contributed by atoms with Gasteiger partial charge in [0.05, 0.1) is 12.5 Å². The Hall–Kier alpha value is -4.81. The van der Waals surface area contributed by atoms with Gasteiger partial charge in [0.2, 0.25) is 11.8 Å². The number of amides is 3. The molecule has 226 valence electrons. The fourth-order valence-corrected chi connectivity index (χ4v) is 7.16. The molecule has 2 aromatic carbocycles. The van der Waals surface area contributed by atoms with Crippen LogP contribution in [0.25, 0.3) is 0 Å². The first kappa shape index (κ1) is 28.3. The topological polar surface area (TPSA) is 178 Å². The van der Waals surface area contributed by atoms with Crippen molar-refractivity contribution in [3.8, 4) is 0 Å². The van der Waals surface area contributed by atoms with Gasteiger partial charge in [0, 0.05) is 25.3 Å². The Balaban J connectivity index is 1.16. The number of nitrogens with one attached hydrogen (secondary N) is 3. The maximum absolute atomic E-state index is 13.1. The molecule has 0 aliphatic carbocycles. The second-order valence-corrected chi connectivity index (χ2v) is 11.6. The predicted molar refractivity (Wildman–Crippen MR) is 155 cm³/mol. The Kier molecular flexibility index (Phi) is 7.32. The van der Waals surface area contributed by atoms with Crippen LogP contribution < -0.4 is 27.4 Å². The van der Waals surface area contributed by atoms with Crippen molar-refractivity contribution >= 4 is 29.8 Å². The van der Waals surface area contributed by atoms with Crippen molar-refractivity contribution in [2.75, 3.05) is 19.6 Å². The van der Waals surface area contributed by atoms with Crippen LogP contribution in [0.1, 0.15) is 43.2 Å². The molecule has 0 saturated carbocycles. The maximum Gasteiger partial charge on any atom is 0.407 e. The van der Waals surface area contributed by atoms with Crippen LogP contribution in [0.3, 0.4) is 0 Å². The van der Waals surface area contributed by atoms with E-state index in [1.54, 1.807) is 4.58 Å². The molecule has 5 atom stereocenters. The summed E-state index contributed by atoms with van der Waals surface area (Å²) in [5, 5.41) is 20.5. The first-order valence-corrected chi connectivity index (χ1v) is 14.6.